The number of amides is 4. The quantitative estimate of drug-likeness (QED) is 0.573. The molecule has 162 valence electrons. The third kappa shape index (κ3) is 4.57. The predicted octanol–water partition coefficient (Wildman–Crippen LogP) is 2.20. The van der Waals surface area contributed by atoms with Crippen molar-refractivity contribution >= 4 is 52.3 Å². The van der Waals surface area contributed by atoms with Gasteiger partial charge < -0.3 is 15.5 Å². The summed E-state index contributed by atoms with van der Waals surface area (Å²) >= 11 is 7.40. The fraction of sp³-hybridized carbons (Fsp3) is 0.333. The number of benzene rings is 1. The average molecular weight is 461 g/mol. The molecule has 0 aliphatic carbocycles. The fourth-order valence-electron chi connectivity index (χ4n) is 3.62. The lowest BCUT2D eigenvalue weighted by atomic mass is 10.0. The molecule has 4 amide bonds. The van der Waals surface area contributed by atoms with Gasteiger partial charge in [0, 0.05) is 28.6 Å². The van der Waals surface area contributed by atoms with Crippen molar-refractivity contribution in [2.24, 2.45) is 0 Å². The Labute approximate surface area is 187 Å². The monoisotopic (exact) mass is 460 g/mol. The third-order valence-corrected chi connectivity index (χ3v) is 6.90. The molecular weight excluding hydrogens is 440 g/mol. The molecule has 0 spiro atoms. The van der Waals surface area contributed by atoms with E-state index in [0.29, 0.717) is 29.4 Å². The van der Waals surface area contributed by atoms with Gasteiger partial charge in [0.25, 0.3) is 5.91 Å². The molecule has 31 heavy (non-hydrogen) atoms. The summed E-state index contributed by atoms with van der Waals surface area (Å²) in [5.74, 6) is -1.11. The van der Waals surface area contributed by atoms with E-state index in [1.165, 1.54) is 16.2 Å². The first-order valence-electron chi connectivity index (χ1n) is 9.85. The number of nitrogens with one attached hydrogen (secondary N) is 3. The van der Waals surface area contributed by atoms with Crippen LogP contribution in [0.2, 0.25) is 5.02 Å². The molecule has 10 heteroatoms. The Bertz CT molecular complexity index is 1080. The maximum Gasteiger partial charge on any atom is 0.265 e. The molecule has 2 aromatic rings. The molecule has 1 fully saturated rings. The van der Waals surface area contributed by atoms with Crippen molar-refractivity contribution in [2.45, 2.75) is 38.9 Å². The average Bonchev–Trinajstić information content (AvgIpc) is 3.26. The number of aryl methyl sites for hydroxylation is 1. The lowest BCUT2D eigenvalue weighted by molar-refractivity contribution is -0.137. The summed E-state index contributed by atoms with van der Waals surface area (Å²) in [6.07, 6.45) is 0.571. The van der Waals surface area contributed by atoms with Gasteiger partial charge in [-0.3, -0.25) is 24.5 Å². The minimum atomic E-state index is -0.616. The summed E-state index contributed by atoms with van der Waals surface area (Å²) in [7, 11) is 0. The number of imide groups is 1. The highest BCUT2D eigenvalue weighted by Gasteiger charge is 2.40. The van der Waals surface area contributed by atoms with E-state index < -0.39 is 11.9 Å². The number of hydrogen-bond acceptors (Lipinski definition) is 6. The van der Waals surface area contributed by atoms with E-state index >= 15 is 0 Å². The Hall–Kier alpha value is -2.91. The van der Waals surface area contributed by atoms with Crippen molar-refractivity contribution in [3.05, 3.63) is 50.2 Å². The van der Waals surface area contributed by atoms with Crippen LogP contribution in [0.4, 0.5) is 5.69 Å². The van der Waals surface area contributed by atoms with Crippen LogP contribution in [0.5, 0.6) is 0 Å². The fourth-order valence-corrected chi connectivity index (χ4v) is 4.87. The molecule has 0 radical (unpaired) electrons. The van der Waals surface area contributed by atoms with Gasteiger partial charge in [-0.25, -0.2) is 0 Å². The highest BCUT2D eigenvalue weighted by molar-refractivity contribution is 7.14. The van der Waals surface area contributed by atoms with Crippen LogP contribution in [0.3, 0.4) is 0 Å². The van der Waals surface area contributed by atoms with Gasteiger partial charge in [0.15, 0.2) is 0 Å². The second-order valence-corrected chi connectivity index (χ2v) is 9.11. The number of thiophene rings is 1. The van der Waals surface area contributed by atoms with Crippen molar-refractivity contribution in [3.8, 4) is 0 Å². The first-order chi connectivity index (χ1) is 14.8. The standard InChI is InChI=1S/C21H21ClN4O4S/c1-11-2-3-13(7-15(11)22)23-9-18(28)24-8-14-6-12-10-26(21(30)19(12)31-14)16-4-5-17(27)25-20(16)29/h2-3,6-7,16,23H,4-5,8-10H2,1H3,(H,24,28)(H,25,27,29). The predicted molar refractivity (Wildman–Crippen MR) is 117 cm³/mol. The van der Waals surface area contributed by atoms with Crippen molar-refractivity contribution in [1.29, 1.82) is 0 Å². The van der Waals surface area contributed by atoms with Gasteiger partial charge in [-0.1, -0.05) is 17.7 Å². The zero-order chi connectivity index (χ0) is 22.1. The van der Waals surface area contributed by atoms with E-state index in [1.807, 2.05) is 25.1 Å². The Morgan fingerprint density at radius 1 is 1.29 bits per heavy atom. The van der Waals surface area contributed by atoms with Crippen molar-refractivity contribution in [3.63, 3.8) is 0 Å². The molecule has 0 bridgehead atoms. The first kappa shape index (κ1) is 21.3. The molecule has 1 unspecified atom stereocenters. The highest BCUT2D eigenvalue weighted by Crippen LogP contribution is 2.33. The highest BCUT2D eigenvalue weighted by atomic mass is 35.5. The van der Waals surface area contributed by atoms with Crippen LogP contribution < -0.4 is 16.0 Å². The van der Waals surface area contributed by atoms with E-state index in [2.05, 4.69) is 16.0 Å². The van der Waals surface area contributed by atoms with E-state index in [9.17, 15) is 19.2 Å². The Balaban J connectivity index is 1.29. The zero-order valence-corrected chi connectivity index (χ0v) is 18.4. The van der Waals surface area contributed by atoms with E-state index in [1.54, 1.807) is 6.07 Å². The van der Waals surface area contributed by atoms with Crippen LogP contribution in [-0.2, 0) is 27.5 Å². The topological polar surface area (TPSA) is 108 Å². The van der Waals surface area contributed by atoms with Crippen LogP contribution in [0.1, 0.15) is 38.5 Å². The molecule has 2 aliphatic heterocycles. The van der Waals surface area contributed by atoms with Gasteiger partial charge in [0.1, 0.15) is 6.04 Å². The van der Waals surface area contributed by atoms with Gasteiger partial charge in [-0.05, 0) is 42.7 Å². The van der Waals surface area contributed by atoms with Crippen LogP contribution in [0.25, 0.3) is 0 Å². The van der Waals surface area contributed by atoms with Gasteiger partial charge in [0.05, 0.1) is 18.0 Å². The summed E-state index contributed by atoms with van der Waals surface area (Å²) < 4.78 is 0. The number of anilines is 1. The normalized spacial score (nSPS) is 18.1. The van der Waals surface area contributed by atoms with E-state index in [-0.39, 0.29) is 30.7 Å². The molecule has 1 saturated heterocycles. The molecule has 3 heterocycles. The van der Waals surface area contributed by atoms with Gasteiger partial charge >= 0.3 is 0 Å². The van der Waals surface area contributed by atoms with E-state index in [0.717, 1.165) is 21.7 Å². The number of fused-ring (bicyclic) bond motifs is 1. The maximum absolute atomic E-state index is 12.7. The number of rotatable bonds is 6. The van der Waals surface area contributed by atoms with Crippen molar-refractivity contribution < 1.29 is 19.2 Å². The Morgan fingerprint density at radius 2 is 2.10 bits per heavy atom. The smallest absolute Gasteiger partial charge is 0.265 e. The minimum absolute atomic E-state index is 0.104. The number of nitrogens with zero attached hydrogens (tertiary/aromatic N) is 1. The first-order valence-corrected chi connectivity index (χ1v) is 11.0. The van der Waals surface area contributed by atoms with E-state index in [4.69, 9.17) is 11.6 Å². The second kappa shape index (κ2) is 8.68. The van der Waals surface area contributed by atoms with Crippen LogP contribution in [-0.4, -0.2) is 41.1 Å². The lowest BCUT2D eigenvalue weighted by Gasteiger charge is -2.29. The molecule has 0 saturated carbocycles. The van der Waals surface area contributed by atoms with Crippen LogP contribution in [0.15, 0.2) is 24.3 Å². The van der Waals surface area contributed by atoms with Gasteiger partial charge in [-0.2, -0.15) is 0 Å². The Kier molecular flexibility index (Phi) is 5.97. The minimum Gasteiger partial charge on any atom is -0.376 e. The summed E-state index contributed by atoms with van der Waals surface area (Å²) in [6.45, 7) is 2.66. The lowest BCUT2D eigenvalue weighted by Crippen LogP contribution is -2.52. The molecule has 1 atom stereocenters. The van der Waals surface area contributed by atoms with Gasteiger partial charge in [0.2, 0.25) is 17.7 Å². The Morgan fingerprint density at radius 3 is 2.81 bits per heavy atom. The van der Waals surface area contributed by atoms with Gasteiger partial charge in [-0.15, -0.1) is 11.3 Å². The number of carbonyl (C=O) groups is 4. The molecule has 1 aromatic carbocycles. The maximum atomic E-state index is 12.7. The third-order valence-electron chi connectivity index (χ3n) is 5.33. The molecule has 4 rings (SSSR count). The summed E-state index contributed by atoms with van der Waals surface area (Å²) in [6, 6.07) is 6.78. The largest absolute Gasteiger partial charge is 0.376 e. The zero-order valence-electron chi connectivity index (χ0n) is 16.8. The summed E-state index contributed by atoms with van der Waals surface area (Å²) in [4.78, 5) is 51.3. The molecular formula is C21H21ClN4O4S. The number of halogens is 1. The summed E-state index contributed by atoms with van der Waals surface area (Å²) in [5.41, 5.74) is 2.57. The second-order valence-electron chi connectivity index (χ2n) is 7.56. The molecule has 8 nitrogen and oxygen atoms in total. The molecule has 2 aliphatic rings. The van der Waals surface area contributed by atoms with Crippen molar-refractivity contribution in [2.75, 3.05) is 11.9 Å². The molecule has 1 aromatic heterocycles. The summed E-state index contributed by atoms with van der Waals surface area (Å²) in [5, 5.41) is 8.79. The van der Waals surface area contributed by atoms with Crippen LogP contribution in [0, 0.1) is 6.92 Å². The number of carbonyl (C=O) groups excluding carboxylic acids is 4. The molecule has 3 N–H and O–H groups in total. The van der Waals surface area contributed by atoms with Crippen LogP contribution >= 0.6 is 22.9 Å². The SMILES string of the molecule is Cc1ccc(NCC(=O)NCc2cc3c(s2)C(=O)N(C2CCC(=O)NC2=O)C3)cc1Cl. The van der Waals surface area contributed by atoms with Crippen molar-refractivity contribution in [1.82, 2.24) is 15.5 Å². The number of piperidine rings is 1. The number of hydrogen-bond donors (Lipinski definition) is 3.